The highest BCUT2D eigenvalue weighted by molar-refractivity contribution is 8.93. The number of para-hydroxylation sites is 1. The standard InChI is InChI=1S/C18H22N2S.BrH/c1-14-8-9-17(15(2)12-14)21-18-13-19-10-11-20(18)16-6-4-3-5-7-16;/h3-9,12,18-19H,10-11,13H2,1-2H3;1H. The Kier molecular flexibility index (Phi) is 6.36. The van der Waals surface area contributed by atoms with E-state index in [2.05, 4.69) is 72.6 Å². The molecular weight excluding hydrogens is 356 g/mol. The van der Waals surface area contributed by atoms with Gasteiger partial charge in [0.1, 0.15) is 0 Å². The van der Waals surface area contributed by atoms with Crippen LogP contribution in [0.3, 0.4) is 0 Å². The Labute approximate surface area is 148 Å². The summed E-state index contributed by atoms with van der Waals surface area (Å²) in [7, 11) is 0. The third-order valence-corrected chi connectivity index (χ3v) is 5.28. The molecule has 1 unspecified atom stereocenters. The third-order valence-electron chi connectivity index (χ3n) is 3.88. The molecule has 2 aromatic rings. The summed E-state index contributed by atoms with van der Waals surface area (Å²) in [5.74, 6) is 0. The van der Waals surface area contributed by atoms with E-state index < -0.39 is 0 Å². The number of rotatable bonds is 3. The second-order valence-electron chi connectivity index (χ2n) is 5.57. The van der Waals surface area contributed by atoms with E-state index >= 15 is 0 Å². The zero-order valence-electron chi connectivity index (χ0n) is 13.1. The van der Waals surface area contributed by atoms with E-state index in [9.17, 15) is 0 Å². The fourth-order valence-electron chi connectivity index (χ4n) is 2.78. The molecule has 0 saturated carbocycles. The highest BCUT2D eigenvalue weighted by Gasteiger charge is 2.23. The van der Waals surface area contributed by atoms with Gasteiger partial charge in [-0.3, -0.25) is 0 Å². The van der Waals surface area contributed by atoms with Crippen LogP contribution < -0.4 is 10.2 Å². The van der Waals surface area contributed by atoms with Crippen LogP contribution in [0.2, 0.25) is 0 Å². The molecule has 0 aliphatic carbocycles. The predicted molar refractivity (Wildman–Crippen MR) is 103 cm³/mol. The Morgan fingerprint density at radius 1 is 1.09 bits per heavy atom. The van der Waals surface area contributed by atoms with Crippen LogP contribution >= 0.6 is 28.7 Å². The minimum Gasteiger partial charge on any atom is -0.357 e. The maximum atomic E-state index is 3.52. The van der Waals surface area contributed by atoms with Crippen molar-refractivity contribution in [3.8, 4) is 0 Å². The molecule has 1 fully saturated rings. The lowest BCUT2D eigenvalue weighted by molar-refractivity contribution is 0.564. The van der Waals surface area contributed by atoms with Crippen molar-refractivity contribution < 1.29 is 0 Å². The number of anilines is 1. The number of thioether (sulfide) groups is 1. The average Bonchev–Trinajstić information content (AvgIpc) is 2.51. The first-order valence-corrected chi connectivity index (χ1v) is 8.38. The summed E-state index contributed by atoms with van der Waals surface area (Å²) in [6, 6.07) is 17.5. The summed E-state index contributed by atoms with van der Waals surface area (Å²) >= 11 is 1.97. The van der Waals surface area contributed by atoms with Crippen LogP contribution in [0.1, 0.15) is 11.1 Å². The topological polar surface area (TPSA) is 15.3 Å². The van der Waals surface area contributed by atoms with Crippen LogP contribution in [-0.2, 0) is 0 Å². The molecule has 4 heteroatoms. The number of piperazine rings is 1. The summed E-state index contributed by atoms with van der Waals surface area (Å²) in [6.45, 7) is 7.50. The molecule has 2 nitrogen and oxygen atoms in total. The van der Waals surface area contributed by atoms with Gasteiger partial charge in [-0.25, -0.2) is 0 Å². The number of nitrogens with one attached hydrogen (secondary N) is 1. The van der Waals surface area contributed by atoms with Crippen molar-refractivity contribution in [3.05, 3.63) is 59.7 Å². The summed E-state index contributed by atoms with van der Waals surface area (Å²) in [4.78, 5) is 3.90. The van der Waals surface area contributed by atoms with Crippen molar-refractivity contribution in [2.45, 2.75) is 24.1 Å². The SMILES string of the molecule is Br.Cc1ccc(SC2CNCCN2c2ccccc2)c(C)c1. The second kappa shape index (κ2) is 8.04. The highest BCUT2D eigenvalue weighted by Crippen LogP contribution is 2.32. The monoisotopic (exact) mass is 378 g/mol. The van der Waals surface area contributed by atoms with Gasteiger partial charge in [-0.1, -0.05) is 47.7 Å². The molecule has 1 saturated heterocycles. The van der Waals surface area contributed by atoms with Crippen molar-refractivity contribution in [1.82, 2.24) is 5.32 Å². The molecule has 0 spiro atoms. The molecule has 0 bridgehead atoms. The Hall–Kier alpha value is -0.970. The number of nitrogens with zero attached hydrogens (tertiary/aromatic N) is 1. The lowest BCUT2D eigenvalue weighted by Crippen LogP contribution is -2.49. The van der Waals surface area contributed by atoms with Crippen molar-refractivity contribution in [3.63, 3.8) is 0 Å². The van der Waals surface area contributed by atoms with Crippen LogP contribution in [0.25, 0.3) is 0 Å². The van der Waals surface area contributed by atoms with Gasteiger partial charge in [-0.2, -0.15) is 0 Å². The Balaban J connectivity index is 0.00000176. The van der Waals surface area contributed by atoms with E-state index in [-0.39, 0.29) is 17.0 Å². The maximum absolute atomic E-state index is 3.52. The maximum Gasteiger partial charge on any atom is 0.0921 e. The average molecular weight is 379 g/mol. The van der Waals surface area contributed by atoms with E-state index in [0.29, 0.717) is 5.37 Å². The van der Waals surface area contributed by atoms with E-state index in [1.165, 1.54) is 21.7 Å². The van der Waals surface area contributed by atoms with Gasteiger partial charge >= 0.3 is 0 Å². The summed E-state index contributed by atoms with van der Waals surface area (Å²) in [5.41, 5.74) is 4.03. The zero-order chi connectivity index (χ0) is 14.7. The second-order valence-corrected chi connectivity index (χ2v) is 6.79. The molecule has 0 radical (unpaired) electrons. The van der Waals surface area contributed by atoms with Crippen LogP contribution in [0.5, 0.6) is 0 Å². The third kappa shape index (κ3) is 4.06. The van der Waals surface area contributed by atoms with Gasteiger partial charge in [-0.05, 0) is 37.6 Å². The van der Waals surface area contributed by atoms with Gasteiger partial charge in [0.2, 0.25) is 0 Å². The van der Waals surface area contributed by atoms with E-state index in [1.54, 1.807) is 0 Å². The molecule has 1 N–H and O–H groups in total. The van der Waals surface area contributed by atoms with Gasteiger partial charge in [0.05, 0.1) is 5.37 Å². The first-order chi connectivity index (χ1) is 10.2. The first kappa shape index (κ1) is 17.4. The Bertz CT molecular complexity index is 603. The molecule has 0 aromatic heterocycles. The fourth-order valence-corrected chi connectivity index (χ4v) is 4.02. The molecule has 0 amide bonds. The van der Waals surface area contributed by atoms with Crippen LogP contribution in [-0.4, -0.2) is 25.0 Å². The Morgan fingerprint density at radius 3 is 2.59 bits per heavy atom. The lowest BCUT2D eigenvalue weighted by atomic mass is 10.2. The minimum atomic E-state index is 0. The van der Waals surface area contributed by atoms with Crippen LogP contribution in [0.15, 0.2) is 53.4 Å². The Morgan fingerprint density at radius 2 is 1.86 bits per heavy atom. The summed E-state index contributed by atoms with van der Waals surface area (Å²) in [6.07, 6.45) is 0. The van der Waals surface area contributed by atoms with Gasteiger partial charge in [0.25, 0.3) is 0 Å². The van der Waals surface area contributed by atoms with E-state index in [4.69, 9.17) is 0 Å². The fraction of sp³-hybridized carbons (Fsp3) is 0.333. The lowest BCUT2D eigenvalue weighted by Gasteiger charge is -2.37. The van der Waals surface area contributed by atoms with E-state index in [0.717, 1.165) is 19.6 Å². The normalized spacial score (nSPS) is 17.9. The number of benzene rings is 2. The zero-order valence-corrected chi connectivity index (χ0v) is 15.6. The highest BCUT2D eigenvalue weighted by atomic mass is 79.9. The molecule has 2 aromatic carbocycles. The van der Waals surface area contributed by atoms with Gasteiger partial charge < -0.3 is 10.2 Å². The molecule has 118 valence electrons. The van der Waals surface area contributed by atoms with Crippen LogP contribution in [0.4, 0.5) is 5.69 Å². The van der Waals surface area contributed by atoms with Gasteiger partial charge in [-0.15, -0.1) is 17.0 Å². The molecule has 1 aliphatic rings. The van der Waals surface area contributed by atoms with Crippen molar-refractivity contribution >= 4 is 34.4 Å². The number of hydrogen-bond acceptors (Lipinski definition) is 3. The van der Waals surface area contributed by atoms with Crippen molar-refractivity contribution in [2.24, 2.45) is 0 Å². The van der Waals surface area contributed by atoms with Crippen LogP contribution in [0, 0.1) is 13.8 Å². The van der Waals surface area contributed by atoms with E-state index in [1.807, 2.05) is 11.8 Å². The molecule has 1 aliphatic heterocycles. The number of hydrogen-bond donors (Lipinski definition) is 1. The smallest absolute Gasteiger partial charge is 0.0921 e. The molecule has 1 atom stereocenters. The van der Waals surface area contributed by atoms with Gasteiger partial charge in [0, 0.05) is 30.2 Å². The van der Waals surface area contributed by atoms with Crippen molar-refractivity contribution in [1.29, 1.82) is 0 Å². The minimum absolute atomic E-state index is 0. The molecule has 1 heterocycles. The van der Waals surface area contributed by atoms with Gasteiger partial charge in [0.15, 0.2) is 0 Å². The quantitative estimate of drug-likeness (QED) is 0.851. The number of halogens is 1. The predicted octanol–water partition coefficient (Wildman–Crippen LogP) is 4.41. The molecule has 22 heavy (non-hydrogen) atoms. The molecule has 3 rings (SSSR count). The molecular formula is C18H23BrN2S. The van der Waals surface area contributed by atoms with Crippen molar-refractivity contribution in [2.75, 3.05) is 24.5 Å². The summed E-state index contributed by atoms with van der Waals surface area (Å²) < 4.78 is 0. The largest absolute Gasteiger partial charge is 0.357 e. The number of aryl methyl sites for hydroxylation is 2. The summed E-state index contributed by atoms with van der Waals surface area (Å²) in [5, 5.41) is 3.97. The first-order valence-electron chi connectivity index (χ1n) is 7.50.